The van der Waals surface area contributed by atoms with Crippen LogP contribution in [-0.4, -0.2) is 13.3 Å². The maximum Gasteiger partial charge on any atom is 0.312 e. The fourth-order valence-electron chi connectivity index (χ4n) is 1.57. The monoisotopic (exact) mass is 309 g/mol. The van der Waals surface area contributed by atoms with Crippen molar-refractivity contribution in [2.24, 2.45) is 5.14 Å². The molecule has 0 heterocycles. The van der Waals surface area contributed by atoms with Crippen LogP contribution in [-0.2, 0) is 10.0 Å². The Morgan fingerprint density at radius 1 is 1.10 bits per heavy atom. The van der Waals surface area contributed by atoms with Crippen molar-refractivity contribution in [3.8, 4) is 11.5 Å². The Morgan fingerprint density at radius 3 is 2.24 bits per heavy atom. The van der Waals surface area contributed by atoms with Gasteiger partial charge >= 0.3 is 5.69 Å². The van der Waals surface area contributed by atoms with Gasteiger partial charge in [0.1, 0.15) is 5.75 Å². The van der Waals surface area contributed by atoms with E-state index in [1.807, 2.05) is 0 Å². The van der Waals surface area contributed by atoms with Crippen LogP contribution in [0.3, 0.4) is 0 Å². The summed E-state index contributed by atoms with van der Waals surface area (Å²) in [6.45, 7) is 0. The molecule has 0 aromatic heterocycles. The van der Waals surface area contributed by atoms with Gasteiger partial charge in [-0.2, -0.15) is 0 Å². The number of nitro benzene ring substituents is 1. The molecule has 0 atom stereocenters. The van der Waals surface area contributed by atoms with Crippen LogP contribution in [0.4, 0.5) is 11.4 Å². The molecule has 2 rings (SSSR count). The maximum absolute atomic E-state index is 11.2. The van der Waals surface area contributed by atoms with Crippen molar-refractivity contribution in [2.75, 3.05) is 5.73 Å². The highest BCUT2D eigenvalue weighted by Crippen LogP contribution is 2.33. The number of sulfonamides is 1. The molecule has 0 radical (unpaired) electrons. The SMILES string of the molecule is Nc1ccc(Oc2ccc(S(N)(=O)=O)cc2[N+](=O)[O-])cc1. The topological polar surface area (TPSA) is 139 Å². The second-order valence-electron chi connectivity index (χ2n) is 4.10. The Morgan fingerprint density at radius 2 is 1.71 bits per heavy atom. The lowest BCUT2D eigenvalue weighted by molar-refractivity contribution is -0.385. The fraction of sp³-hybridized carbons (Fsp3) is 0. The molecular weight excluding hydrogens is 298 g/mol. The largest absolute Gasteiger partial charge is 0.450 e. The molecule has 4 N–H and O–H groups in total. The van der Waals surface area contributed by atoms with Crippen molar-refractivity contribution in [3.05, 3.63) is 52.6 Å². The van der Waals surface area contributed by atoms with Crippen LogP contribution in [0.15, 0.2) is 47.4 Å². The van der Waals surface area contributed by atoms with Crippen LogP contribution in [0.5, 0.6) is 11.5 Å². The zero-order valence-corrected chi connectivity index (χ0v) is 11.4. The zero-order valence-electron chi connectivity index (χ0n) is 10.6. The second-order valence-corrected chi connectivity index (χ2v) is 5.66. The molecule has 0 aliphatic rings. The highest BCUT2D eigenvalue weighted by molar-refractivity contribution is 7.89. The van der Waals surface area contributed by atoms with E-state index in [4.69, 9.17) is 15.6 Å². The van der Waals surface area contributed by atoms with E-state index in [-0.39, 0.29) is 10.6 Å². The molecule has 0 aliphatic heterocycles. The molecule has 2 aromatic rings. The summed E-state index contributed by atoms with van der Waals surface area (Å²) in [6, 6.07) is 9.37. The molecule has 21 heavy (non-hydrogen) atoms. The van der Waals surface area contributed by atoms with Crippen LogP contribution >= 0.6 is 0 Å². The number of nitrogens with two attached hydrogens (primary N) is 2. The van der Waals surface area contributed by atoms with E-state index in [0.717, 1.165) is 12.1 Å². The summed E-state index contributed by atoms with van der Waals surface area (Å²) in [5.74, 6) is 0.229. The third kappa shape index (κ3) is 3.46. The first-order valence-corrected chi connectivity index (χ1v) is 7.16. The number of benzene rings is 2. The minimum Gasteiger partial charge on any atom is -0.450 e. The van der Waals surface area contributed by atoms with Crippen molar-refractivity contribution >= 4 is 21.4 Å². The number of nitrogens with zero attached hydrogens (tertiary/aromatic N) is 1. The predicted octanol–water partition coefficient (Wildman–Crippen LogP) is 1.62. The molecule has 0 fully saturated rings. The molecule has 0 saturated carbocycles. The summed E-state index contributed by atoms with van der Waals surface area (Å²) < 4.78 is 27.8. The number of nitrogen functional groups attached to an aromatic ring is 1. The first-order valence-electron chi connectivity index (χ1n) is 5.62. The van der Waals surface area contributed by atoms with Gasteiger partial charge in [0, 0.05) is 11.8 Å². The van der Waals surface area contributed by atoms with Gasteiger partial charge in [-0.25, -0.2) is 13.6 Å². The van der Waals surface area contributed by atoms with E-state index in [1.54, 1.807) is 12.1 Å². The lowest BCUT2D eigenvalue weighted by Gasteiger charge is -2.07. The van der Waals surface area contributed by atoms with Crippen molar-refractivity contribution in [2.45, 2.75) is 4.90 Å². The molecule has 0 spiro atoms. The Hall–Kier alpha value is -2.65. The van der Waals surface area contributed by atoms with Crippen molar-refractivity contribution in [1.29, 1.82) is 0 Å². The van der Waals surface area contributed by atoms with Crippen molar-refractivity contribution < 1.29 is 18.1 Å². The maximum atomic E-state index is 11.2. The quantitative estimate of drug-likeness (QED) is 0.499. The molecule has 0 unspecified atom stereocenters. The summed E-state index contributed by atoms with van der Waals surface area (Å²) in [5, 5.41) is 16.0. The van der Waals surface area contributed by atoms with Gasteiger partial charge in [-0.15, -0.1) is 0 Å². The average molecular weight is 309 g/mol. The van der Waals surface area contributed by atoms with Crippen LogP contribution in [0.2, 0.25) is 0 Å². The number of ether oxygens (including phenoxy) is 1. The Kier molecular flexibility index (Phi) is 3.78. The summed E-state index contributed by atoms with van der Waals surface area (Å²) in [5.41, 5.74) is 5.54. The molecule has 8 nitrogen and oxygen atoms in total. The molecule has 110 valence electrons. The summed E-state index contributed by atoms with van der Waals surface area (Å²) in [7, 11) is -4.03. The molecular formula is C12H11N3O5S. The lowest BCUT2D eigenvalue weighted by Crippen LogP contribution is -2.12. The number of hydrogen-bond acceptors (Lipinski definition) is 6. The van der Waals surface area contributed by atoms with E-state index < -0.39 is 20.6 Å². The van der Waals surface area contributed by atoms with Crippen molar-refractivity contribution in [1.82, 2.24) is 0 Å². The average Bonchev–Trinajstić information content (AvgIpc) is 2.40. The lowest BCUT2D eigenvalue weighted by atomic mass is 10.3. The number of nitro groups is 1. The zero-order chi connectivity index (χ0) is 15.6. The minimum absolute atomic E-state index is 0.0998. The van der Waals surface area contributed by atoms with Gasteiger partial charge in [-0.1, -0.05) is 0 Å². The van der Waals surface area contributed by atoms with Crippen molar-refractivity contribution in [3.63, 3.8) is 0 Å². The van der Waals surface area contributed by atoms with E-state index in [9.17, 15) is 18.5 Å². The Bertz CT molecular complexity index is 787. The van der Waals surface area contributed by atoms with Gasteiger partial charge in [0.15, 0.2) is 0 Å². The number of hydrogen-bond donors (Lipinski definition) is 2. The van der Waals surface area contributed by atoms with E-state index in [1.165, 1.54) is 18.2 Å². The number of rotatable bonds is 4. The third-order valence-electron chi connectivity index (χ3n) is 2.56. The van der Waals surface area contributed by atoms with E-state index in [2.05, 4.69) is 0 Å². The van der Waals surface area contributed by atoms with Crippen LogP contribution in [0, 0.1) is 10.1 Å². The molecule has 0 aliphatic carbocycles. The summed E-state index contributed by atoms with van der Waals surface area (Å²) in [4.78, 5) is 9.90. The van der Waals surface area contributed by atoms with Crippen LogP contribution in [0.25, 0.3) is 0 Å². The van der Waals surface area contributed by atoms with Crippen LogP contribution < -0.4 is 15.6 Å². The van der Waals surface area contributed by atoms with Gasteiger partial charge in [-0.3, -0.25) is 10.1 Å². The van der Waals surface area contributed by atoms with Gasteiger partial charge in [0.05, 0.1) is 9.82 Å². The minimum atomic E-state index is -4.03. The molecule has 0 saturated heterocycles. The molecule has 0 bridgehead atoms. The highest BCUT2D eigenvalue weighted by atomic mass is 32.2. The first kappa shape index (κ1) is 14.8. The Balaban J connectivity index is 2.44. The standard InChI is InChI=1S/C12H11N3O5S/c13-8-1-3-9(4-2-8)20-12-6-5-10(21(14,18)19)7-11(12)15(16)17/h1-7H,13H2,(H2,14,18,19). The number of primary sulfonamides is 1. The normalized spacial score (nSPS) is 11.1. The van der Waals surface area contributed by atoms with Gasteiger partial charge in [0.25, 0.3) is 0 Å². The van der Waals surface area contributed by atoms with E-state index >= 15 is 0 Å². The second kappa shape index (κ2) is 5.38. The highest BCUT2D eigenvalue weighted by Gasteiger charge is 2.20. The first-order chi connectivity index (χ1) is 9.77. The van der Waals surface area contributed by atoms with E-state index in [0.29, 0.717) is 11.4 Å². The summed E-state index contributed by atoms with van der Waals surface area (Å²) in [6.07, 6.45) is 0. The third-order valence-corrected chi connectivity index (χ3v) is 3.47. The van der Waals surface area contributed by atoms with Crippen LogP contribution in [0.1, 0.15) is 0 Å². The van der Waals surface area contributed by atoms with Gasteiger partial charge < -0.3 is 10.5 Å². The number of anilines is 1. The summed E-state index contributed by atoms with van der Waals surface area (Å²) >= 11 is 0. The molecule has 2 aromatic carbocycles. The molecule has 9 heteroatoms. The fourth-order valence-corrected chi connectivity index (χ4v) is 2.10. The smallest absolute Gasteiger partial charge is 0.312 e. The van der Waals surface area contributed by atoms with Gasteiger partial charge in [-0.05, 0) is 36.4 Å². The van der Waals surface area contributed by atoms with Gasteiger partial charge in [0.2, 0.25) is 15.8 Å². The predicted molar refractivity (Wildman–Crippen MR) is 75.4 cm³/mol. The Labute approximate surface area is 120 Å². The molecule has 0 amide bonds.